The Morgan fingerprint density at radius 2 is 1.90 bits per heavy atom. The normalized spacial score (nSPS) is 11.8. The summed E-state index contributed by atoms with van der Waals surface area (Å²) in [4.78, 5) is 21.8. The summed E-state index contributed by atoms with van der Waals surface area (Å²) in [7, 11) is -4.19. The van der Waals surface area contributed by atoms with Gasteiger partial charge < -0.3 is 16.6 Å². The van der Waals surface area contributed by atoms with Crippen LogP contribution in [0.5, 0.6) is 0 Å². The van der Waals surface area contributed by atoms with Crippen LogP contribution >= 0.6 is 0 Å². The van der Waals surface area contributed by atoms with Crippen LogP contribution in [0.1, 0.15) is 24.2 Å². The summed E-state index contributed by atoms with van der Waals surface area (Å²) in [5.41, 5.74) is 10.2. The van der Waals surface area contributed by atoms with E-state index < -0.39 is 44.9 Å². The van der Waals surface area contributed by atoms with Crippen LogP contribution in [0.2, 0.25) is 0 Å². The monoisotopic (exact) mass is 315 g/mol. The van der Waals surface area contributed by atoms with Crippen molar-refractivity contribution in [3.05, 3.63) is 23.8 Å². The van der Waals surface area contributed by atoms with E-state index in [2.05, 4.69) is 0 Å². The number of anilines is 1. The van der Waals surface area contributed by atoms with Gasteiger partial charge in [-0.25, -0.2) is 13.2 Å². The SMILES string of the molecule is CC(C)N(CC(N)=O)S(=O)(=O)c1ccc(N)cc1C(=O)O. The van der Waals surface area contributed by atoms with Crippen LogP contribution in [-0.4, -0.2) is 42.3 Å². The topological polar surface area (TPSA) is 144 Å². The highest BCUT2D eigenvalue weighted by Gasteiger charge is 2.32. The van der Waals surface area contributed by atoms with Crippen LogP contribution in [0.15, 0.2) is 23.1 Å². The van der Waals surface area contributed by atoms with Gasteiger partial charge in [-0.05, 0) is 32.0 Å². The molecule has 0 aliphatic rings. The van der Waals surface area contributed by atoms with Gasteiger partial charge in [-0.3, -0.25) is 4.79 Å². The Kier molecular flexibility index (Phi) is 4.92. The molecule has 21 heavy (non-hydrogen) atoms. The van der Waals surface area contributed by atoms with E-state index in [-0.39, 0.29) is 5.69 Å². The predicted molar refractivity (Wildman–Crippen MR) is 76.0 cm³/mol. The Labute approximate surface area is 122 Å². The van der Waals surface area contributed by atoms with Gasteiger partial charge in [0.25, 0.3) is 0 Å². The fourth-order valence-corrected chi connectivity index (χ4v) is 3.53. The van der Waals surface area contributed by atoms with E-state index in [9.17, 15) is 18.0 Å². The average molecular weight is 315 g/mol. The van der Waals surface area contributed by atoms with Crippen LogP contribution in [0, 0.1) is 0 Å². The molecule has 0 bridgehead atoms. The third-order valence-corrected chi connectivity index (χ3v) is 4.79. The number of aromatic carboxylic acids is 1. The second-order valence-electron chi connectivity index (χ2n) is 4.67. The summed E-state index contributed by atoms with van der Waals surface area (Å²) < 4.78 is 26.0. The molecule has 0 aromatic heterocycles. The summed E-state index contributed by atoms with van der Waals surface area (Å²) in [6.07, 6.45) is 0. The molecular formula is C12H17N3O5S. The fraction of sp³-hybridized carbons (Fsp3) is 0.333. The van der Waals surface area contributed by atoms with Crippen LogP contribution in [0.4, 0.5) is 5.69 Å². The van der Waals surface area contributed by atoms with Crippen molar-refractivity contribution in [3.8, 4) is 0 Å². The predicted octanol–water partition coefficient (Wildman–Crippen LogP) is -0.149. The van der Waals surface area contributed by atoms with Gasteiger partial charge in [0.15, 0.2) is 0 Å². The van der Waals surface area contributed by atoms with Gasteiger partial charge in [0.2, 0.25) is 15.9 Å². The number of rotatable bonds is 6. The highest BCUT2D eigenvalue weighted by Crippen LogP contribution is 2.24. The van der Waals surface area contributed by atoms with Crippen LogP contribution in [0.25, 0.3) is 0 Å². The Balaban J connectivity index is 3.48. The quantitative estimate of drug-likeness (QED) is 0.623. The van der Waals surface area contributed by atoms with Crippen molar-refractivity contribution in [1.29, 1.82) is 0 Å². The number of carboxylic acid groups (broad SMARTS) is 1. The first-order valence-corrected chi connectivity index (χ1v) is 7.44. The van der Waals surface area contributed by atoms with Gasteiger partial charge in [0.05, 0.1) is 17.0 Å². The second-order valence-corrected chi connectivity index (χ2v) is 6.53. The molecule has 1 rings (SSSR count). The number of sulfonamides is 1. The molecule has 5 N–H and O–H groups in total. The minimum absolute atomic E-state index is 0.123. The molecule has 0 aliphatic carbocycles. The van der Waals surface area contributed by atoms with E-state index in [1.54, 1.807) is 13.8 Å². The molecule has 0 atom stereocenters. The van der Waals surface area contributed by atoms with Crippen LogP contribution < -0.4 is 11.5 Å². The van der Waals surface area contributed by atoms with Gasteiger partial charge in [-0.15, -0.1) is 0 Å². The molecule has 0 radical (unpaired) electrons. The van der Waals surface area contributed by atoms with E-state index >= 15 is 0 Å². The van der Waals surface area contributed by atoms with E-state index in [1.165, 1.54) is 6.07 Å². The molecule has 9 heteroatoms. The Hall–Kier alpha value is -2.13. The van der Waals surface area contributed by atoms with Crippen molar-refractivity contribution in [1.82, 2.24) is 4.31 Å². The van der Waals surface area contributed by atoms with Gasteiger partial charge in [0, 0.05) is 11.7 Å². The first-order valence-electron chi connectivity index (χ1n) is 6.00. The van der Waals surface area contributed by atoms with Gasteiger partial charge >= 0.3 is 5.97 Å². The molecule has 0 aliphatic heterocycles. The molecule has 0 spiro atoms. The summed E-state index contributed by atoms with van der Waals surface area (Å²) in [5, 5.41) is 9.13. The second kappa shape index (κ2) is 6.10. The molecule has 8 nitrogen and oxygen atoms in total. The lowest BCUT2D eigenvalue weighted by atomic mass is 10.2. The highest BCUT2D eigenvalue weighted by molar-refractivity contribution is 7.89. The van der Waals surface area contributed by atoms with Gasteiger partial charge in [-0.1, -0.05) is 0 Å². The van der Waals surface area contributed by atoms with E-state index in [4.69, 9.17) is 16.6 Å². The number of carboxylic acids is 1. The molecule has 0 heterocycles. The van der Waals surface area contributed by atoms with E-state index in [1.807, 2.05) is 0 Å². The Bertz CT molecular complexity index is 669. The minimum Gasteiger partial charge on any atom is -0.478 e. The van der Waals surface area contributed by atoms with Crippen LogP contribution in [-0.2, 0) is 14.8 Å². The number of carbonyl (C=O) groups is 2. The number of nitrogens with two attached hydrogens (primary N) is 2. The lowest BCUT2D eigenvalue weighted by molar-refractivity contribution is -0.118. The summed E-state index contributed by atoms with van der Waals surface area (Å²) in [6.45, 7) is 2.57. The molecule has 0 fully saturated rings. The summed E-state index contributed by atoms with van der Waals surface area (Å²) in [6, 6.07) is 2.87. The van der Waals surface area contributed by atoms with Gasteiger partial charge in [-0.2, -0.15) is 4.31 Å². The molecule has 1 aromatic rings. The number of nitrogen functional groups attached to an aromatic ring is 1. The molecule has 116 valence electrons. The van der Waals surface area contributed by atoms with E-state index in [0.29, 0.717) is 0 Å². The zero-order chi connectivity index (χ0) is 16.4. The van der Waals surface area contributed by atoms with Crippen molar-refractivity contribution in [3.63, 3.8) is 0 Å². The Morgan fingerprint density at radius 1 is 1.33 bits per heavy atom. The number of hydrogen-bond acceptors (Lipinski definition) is 5. The zero-order valence-corrected chi connectivity index (χ0v) is 12.4. The maximum Gasteiger partial charge on any atom is 0.337 e. The van der Waals surface area contributed by atoms with Crippen molar-refractivity contribution >= 4 is 27.6 Å². The molecule has 1 amide bonds. The summed E-state index contributed by atoms with van der Waals surface area (Å²) in [5.74, 6) is -2.26. The molecule has 0 saturated carbocycles. The zero-order valence-electron chi connectivity index (χ0n) is 11.6. The number of carbonyl (C=O) groups excluding carboxylic acids is 1. The first kappa shape index (κ1) is 16.9. The molecular weight excluding hydrogens is 298 g/mol. The molecule has 0 unspecified atom stereocenters. The van der Waals surface area contributed by atoms with Gasteiger partial charge in [0.1, 0.15) is 0 Å². The van der Waals surface area contributed by atoms with Crippen LogP contribution in [0.3, 0.4) is 0 Å². The lowest BCUT2D eigenvalue weighted by Crippen LogP contribution is -2.43. The number of primary amides is 1. The number of benzene rings is 1. The number of hydrogen-bond donors (Lipinski definition) is 3. The maximum atomic E-state index is 12.6. The van der Waals surface area contributed by atoms with Crippen molar-refractivity contribution in [2.75, 3.05) is 12.3 Å². The molecule has 0 saturated heterocycles. The standard InChI is InChI=1S/C12H17N3O5S/c1-7(2)15(6-11(14)16)21(19,20)10-4-3-8(13)5-9(10)12(17)18/h3-5,7H,6,13H2,1-2H3,(H2,14,16)(H,17,18). The smallest absolute Gasteiger partial charge is 0.337 e. The third-order valence-electron chi connectivity index (χ3n) is 2.71. The largest absolute Gasteiger partial charge is 0.478 e. The fourth-order valence-electron chi connectivity index (χ4n) is 1.76. The minimum atomic E-state index is -4.19. The number of nitrogens with zero attached hydrogens (tertiary/aromatic N) is 1. The average Bonchev–Trinajstić information content (AvgIpc) is 2.34. The lowest BCUT2D eigenvalue weighted by Gasteiger charge is -2.25. The highest BCUT2D eigenvalue weighted by atomic mass is 32.2. The first-order chi connectivity index (χ1) is 9.57. The maximum absolute atomic E-state index is 12.6. The van der Waals surface area contributed by atoms with E-state index in [0.717, 1.165) is 16.4 Å². The van der Waals surface area contributed by atoms with Crippen molar-refractivity contribution in [2.24, 2.45) is 5.73 Å². The molecule has 1 aromatic carbocycles. The number of amides is 1. The van der Waals surface area contributed by atoms with Crippen molar-refractivity contribution < 1.29 is 23.1 Å². The summed E-state index contributed by atoms with van der Waals surface area (Å²) >= 11 is 0. The third kappa shape index (κ3) is 3.70. The Morgan fingerprint density at radius 3 is 2.33 bits per heavy atom. The van der Waals surface area contributed by atoms with Crippen molar-refractivity contribution in [2.45, 2.75) is 24.8 Å².